The highest BCUT2D eigenvalue weighted by atomic mass is 32.2. The highest BCUT2D eigenvalue weighted by Gasteiger charge is 2.16. The summed E-state index contributed by atoms with van der Waals surface area (Å²) < 4.78 is 12.8. The van der Waals surface area contributed by atoms with Gasteiger partial charge in [0.05, 0.1) is 23.9 Å². The fourth-order valence-electron chi connectivity index (χ4n) is 3.35. The molecule has 0 spiro atoms. The molecule has 0 aliphatic carbocycles. The molecule has 9 heteroatoms. The zero-order chi connectivity index (χ0) is 22.6. The lowest BCUT2D eigenvalue weighted by molar-refractivity contribution is -0.113. The normalized spacial score (nSPS) is 10.9. The van der Waals surface area contributed by atoms with Crippen molar-refractivity contribution in [3.8, 4) is 22.9 Å². The zero-order valence-electron chi connectivity index (χ0n) is 17.6. The summed E-state index contributed by atoms with van der Waals surface area (Å²) in [5.41, 5.74) is 3.39. The van der Waals surface area contributed by atoms with Gasteiger partial charge < -0.3 is 9.15 Å². The number of benzene rings is 3. The summed E-state index contributed by atoms with van der Waals surface area (Å²) in [5.74, 6) is 1.45. The van der Waals surface area contributed by atoms with Gasteiger partial charge in [0.15, 0.2) is 0 Å². The van der Waals surface area contributed by atoms with Crippen LogP contribution < -0.4 is 10.1 Å². The Kier molecular flexibility index (Phi) is 5.77. The summed E-state index contributed by atoms with van der Waals surface area (Å²) in [4.78, 5) is 17.3. The second-order valence-corrected chi connectivity index (χ2v) is 7.96. The number of rotatable bonds is 7. The average Bonchev–Trinajstić information content (AvgIpc) is 3.48. The smallest absolute Gasteiger partial charge is 0.277 e. The summed E-state index contributed by atoms with van der Waals surface area (Å²) in [7, 11) is 1.61. The molecule has 0 fully saturated rings. The maximum Gasteiger partial charge on any atom is 0.277 e. The Morgan fingerprint density at radius 1 is 1.00 bits per heavy atom. The maximum atomic E-state index is 12.7. The van der Waals surface area contributed by atoms with E-state index in [4.69, 9.17) is 9.15 Å². The monoisotopic (exact) mass is 457 g/mol. The molecule has 3 aromatic carbocycles. The Balaban J connectivity index is 1.30. The minimum atomic E-state index is -0.225. The molecule has 2 aromatic heterocycles. The molecule has 0 aliphatic heterocycles. The first-order valence-electron chi connectivity index (χ1n) is 10.1. The Hall–Kier alpha value is -4.11. The first-order chi connectivity index (χ1) is 16.2. The molecule has 33 heavy (non-hydrogen) atoms. The van der Waals surface area contributed by atoms with Crippen molar-refractivity contribution in [2.75, 3.05) is 18.2 Å². The quantitative estimate of drug-likeness (QED) is 0.350. The summed E-state index contributed by atoms with van der Waals surface area (Å²) in [6, 6.07) is 24.8. The van der Waals surface area contributed by atoms with Crippen LogP contribution in [0.3, 0.4) is 0 Å². The Labute approximate surface area is 193 Å². The molecule has 0 radical (unpaired) electrons. The SMILES string of the molecule is COc1ccc(-c2nnc(SCC(=O)Nc3nc4ccccc4n3-c3ccccc3)o2)cc1. The number of thioether (sulfide) groups is 1. The van der Waals surface area contributed by atoms with Gasteiger partial charge in [-0.3, -0.25) is 14.7 Å². The van der Waals surface area contributed by atoms with Gasteiger partial charge in [0.2, 0.25) is 17.7 Å². The number of amides is 1. The minimum absolute atomic E-state index is 0.0994. The van der Waals surface area contributed by atoms with Crippen molar-refractivity contribution >= 4 is 34.7 Å². The molecule has 0 bridgehead atoms. The Morgan fingerprint density at radius 2 is 1.76 bits per heavy atom. The molecule has 164 valence electrons. The molecular weight excluding hydrogens is 438 g/mol. The molecule has 5 aromatic rings. The van der Waals surface area contributed by atoms with Gasteiger partial charge in [-0.1, -0.05) is 42.1 Å². The molecule has 5 rings (SSSR count). The van der Waals surface area contributed by atoms with Crippen LogP contribution in [0.1, 0.15) is 0 Å². The number of hydrogen-bond acceptors (Lipinski definition) is 7. The van der Waals surface area contributed by atoms with Gasteiger partial charge in [0.1, 0.15) is 5.75 Å². The second kappa shape index (κ2) is 9.17. The van der Waals surface area contributed by atoms with Crippen molar-refractivity contribution in [2.24, 2.45) is 0 Å². The first kappa shape index (κ1) is 20.8. The van der Waals surface area contributed by atoms with Crippen molar-refractivity contribution in [2.45, 2.75) is 5.22 Å². The van der Waals surface area contributed by atoms with Crippen LogP contribution in [0.2, 0.25) is 0 Å². The Bertz CT molecular complexity index is 1400. The third kappa shape index (κ3) is 4.44. The van der Waals surface area contributed by atoms with E-state index in [0.29, 0.717) is 17.1 Å². The minimum Gasteiger partial charge on any atom is -0.497 e. The highest BCUT2D eigenvalue weighted by molar-refractivity contribution is 7.99. The van der Waals surface area contributed by atoms with E-state index in [0.717, 1.165) is 28.0 Å². The van der Waals surface area contributed by atoms with E-state index in [-0.39, 0.29) is 11.7 Å². The van der Waals surface area contributed by atoms with Gasteiger partial charge in [-0.05, 0) is 48.5 Å². The van der Waals surface area contributed by atoms with E-state index in [1.165, 1.54) is 11.8 Å². The lowest BCUT2D eigenvalue weighted by Crippen LogP contribution is -2.17. The van der Waals surface area contributed by atoms with E-state index in [2.05, 4.69) is 20.5 Å². The number of anilines is 1. The number of aromatic nitrogens is 4. The number of nitrogens with one attached hydrogen (secondary N) is 1. The molecule has 8 nitrogen and oxygen atoms in total. The van der Waals surface area contributed by atoms with Crippen molar-refractivity contribution in [3.05, 3.63) is 78.9 Å². The number of nitrogens with zero attached hydrogens (tertiary/aromatic N) is 4. The van der Waals surface area contributed by atoms with Gasteiger partial charge in [0, 0.05) is 11.3 Å². The number of imidazole rings is 1. The summed E-state index contributed by atoms with van der Waals surface area (Å²) >= 11 is 1.17. The number of carbonyl (C=O) groups is 1. The van der Waals surface area contributed by atoms with Crippen molar-refractivity contribution in [1.82, 2.24) is 19.7 Å². The summed E-state index contributed by atoms with van der Waals surface area (Å²) in [6.45, 7) is 0. The highest BCUT2D eigenvalue weighted by Crippen LogP contribution is 2.27. The van der Waals surface area contributed by atoms with E-state index >= 15 is 0 Å². The number of carbonyl (C=O) groups excluding carboxylic acids is 1. The van der Waals surface area contributed by atoms with Gasteiger partial charge in [-0.25, -0.2) is 4.98 Å². The van der Waals surface area contributed by atoms with Crippen LogP contribution in [0.15, 0.2) is 88.5 Å². The van der Waals surface area contributed by atoms with Crippen molar-refractivity contribution < 1.29 is 13.9 Å². The van der Waals surface area contributed by atoms with E-state index in [1.54, 1.807) is 7.11 Å². The molecule has 0 aliphatic rings. The number of hydrogen-bond donors (Lipinski definition) is 1. The molecule has 1 N–H and O–H groups in total. The first-order valence-corrected chi connectivity index (χ1v) is 11.1. The van der Waals surface area contributed by atoms with Gasteiger partial charge in [0.25, 0.3) is 5.22 Å². The average molecular weight is 458 g/mol. The second-order valence-electron chi connectivity index (χ2n) is 7.03. The fourth-order valence-corrected chi connectivity index (χ4v) is 3.92. The van der Waals surface area contributed by atoms with Crippen LogP contribution in [-0.2, 0) is 4.79 Å². The van der Waals surface area contributed by atoms with E-state index in [1.807, 2.05) is 83.4 Å². The van der Waals surface area contributed by atoms with Gasteiger partial charge >= 0.3 is 0 Å². The van der Waals surface area contributed by atoms with Crippen LogP contribution in [0.5, 0.6) is 5.75 Å². The van der Waals surface area contributed by atoms with Crippen molar-refractivity contribution in [1.29, 1.82) is 0 Å². The number of para-hydroxylation sites is 3. The molecule has 2 heterocycles. The Morgan fingerprint density at radius 3 is 2.55 bits per heavy atom. The standard InChI is InChI=1S/C24H19N5O3S/c1-31-18-13-11-16(12-14-18)22-27-28-24(32-22)33-15-21(30)26-23-25-19-9-5-6-10-20(19)29(23)17-7-3-2-4-8-17/h2-14H,15H2,1H3,(H,25,26,30). The molecule has 0 saturated carbocycles. The fraction of sp³-hybridized carbons (Fsp3) is 0.0833. The molecule has 0 unspecified atom stereocenters. The van der Waals surface area contributed by atoms with Crippen LogP contribution in [0.25, 0.3) is 28.2 Å². The van der Waals surface area contributed by atoms with Crippen LogP contribution in [-0.4, -0.2) is 38.5 Å². The summed E-state index contributed by atoms with van der Waals surface area (Å²) in [5, 5.41) is 11.3. The van der Waals surface area contributed by atoms with Gasteiger partial charge in [-0.15, -0.1) is 10.2 Å². The lowest BCUT2D eigenvalue weighted by Gasteiger charge is -2.09. The molecule has 0 atom stereocenters. The predicted molar refractivity (Wildman–Crippen MR) is 127 cm³/mol. The molecule has 0 saturated heterocycles. The van der Waals surface area contributed by atoms with Crippen molar-refractivity contribution in [3.63, 3.8) is 0 Å². The van der Waals surface area contributed by atoms with Gasteiger partial charge in [-0.2, -0.15) is 0 Å². The van der Waals surface area contributed by atoms with Crippen LogP contribution >= 0.6 is 11.8 Å². The lowest BCUT2D eigenvalue weighted by atomic mass is 10.2. The maximum absolute atomic E-state index is 12.7. The largest absolute Gasteiger partial charge is 0.497 e. The van der Waals surface area contributed by atoms with E-state index in [9.17, 15) is 4.79 Å². The number of methoxy groups -OCH3 is 1. The third-order valence-corrected chi connectivity index (χ3v) is 5.72. The number of fused-ring (bicyclic) bond motifs is 1. The molecular formula is C24H19N5O3S. The molecule has 1 amide bonds. The predicted octanol–water partition coefficient (Wildman–Crippen LogP) is 4.81. The topological polar surface area (TPSA) is 95.1 Å². The van der Waals surface area contributed by atoms with Crippen LogP contribution in [0, 0.1) is 0 Å². The zero-order valence-corrected chi connectivity index (χ0v) is 18.5. The van der Waals surface area contributed by atoms with Crippen LogP contribution in [0.4, 0.5) is 5.95 Å². The number of ether oxygens (including phenoxy) is 1. The van der Waals surface area contributed by atoms with E-state index < -0.39 is 0 Å². The summed E-state index contributed by atoms with van der Waals surface area (Å²) in [6.07, 6.45) is 0. The third-order valence-electron chi connectivity index (χ3n) is 4.90.